The van der Waals surface area contributed by atoms with Crippen LogP contribution in [0.2, 0.25) is 0 Å². The van der Waals surface area contributed by atoms with Gasteiger partial charge in [-0.05, 0) is 99.3 Å². The Labute approximate surface area is 220 Å². The SMILES string of the molecule is c1ccc(CCCc2cc(-c3ccc(NC4=NCCN4)cc3)nc(C34CC5CC(CC(C5)C3)C4)n2)cc1. The third-order valence-electron chi connectivity index (χ3n) is 9.15. The predicted molar refractivity (Wildman–Crippen MR) is 150 cm³/mol. The molecule has 0 spiro atoms. The van der Waals surface area contributed by atoms with E-state index in [1.54, 1.807) is 0 Å². The van der Waals surface area contributed by atoms with Crippen LogP contribution in [0.5, 0.6) is 0 Å². The molecule has 0 saturated heterocycles. The van der Waals surface area contributed by atoms with Crippen molar-refractivity contribution in [2.24, 2.45) is 22.7 Å². The summed E-state index contributed by atoms with van der Waals surface area (Å²) in [5.74, 6) is 4.66. The lowest BCUT2D eigenvalue weighted by molar-refractivity contribution is -0.00944. The van der Waals surface area contributed by atoms with Crippen LogP contribution in [0.1, 0.15) is 62.0 Å². The predicted octanol–water partition coefficient (Wildman–Crippen LogP) is 6.16. The Morgan fingerprint density at radius 2 is 1.57 bits per heavy atom. The number of anilines is 1. The second-order valence-corrected chi connectivity index (χ2v) is 12.0. The highest BCUT2D eigenvalue weighted by Crippen LogP contribution is 2.60. The highest BCUT2D eigenvalue weighted by molar-refractivity contribution is 5.94. The number of aromatic nitrogens is 2. The summed E-state index contributed by atoms with van der Waals surface area (Å²) < 4.78 is 0. The number of rotatable bonds is 7. The number of aryl methyl sites for hydroxylation is 2. The summed E-state index contributed by atoms with van der Waals surface area (Å²) >= 11 is 0. The van der Waals surface area contributed by atoms with Crippen molar-refractivity contribution in [3.05, 3.63) is 77.7 Å². The zero-order valence-corrected chi connectivity index (χ0v) is 21.6. The molecule has 1 aliphatic heterocycles. The second kappa shape index (κ2) is 9.59. The first-order valence-electron chi connectivity index (χ1n) is 14.3. The lowest BCUT2D eigenvalue weighted by Crippen LogP contribution is -2.49. The average molecular weight is 492 g/mol. The van der Waals surface area contributed by atoms with Gasteiger partial charge < -0.3 is 10.6 Å². The summed E-state index contributed by atoms with van der Waals surface area (Å²) in [6.45, 7) is 1.74. The van der Waals surface area contributed by atoms with E-state index in [0.717, 1.165) is 73.3 Å². The highest BCUT2D eigenvalue weighted by Gasteiger charge is 2.53. The molecular formula is C32H37N5. The first kappa shape index (κ1) is 22.9. The third-order valence-corrected chi connectivity index (χ3v) is 9.15. The van der Waals surface area contributed by atoms with Gasteiger partial charge in [0.1, 0.15) is 5.82 Å². The number of nitrogens with one attached hydrogen (secondary N) is 2. The fourth-order valence-electron chi connectivity index (χ4n) is 7.86. The molecule has 190 valence electrons. The first-order chi connectivity index (χ1) is 18.2. The van der Waals surface area contributed by atoms with Gasteiger partial charge in [0.25, 0.3) is 0 Å². The number of nitrogens with zero attached hydrogens (tertiary/aromatic N) is 3. The van der Waals surface area contributed by atoms with Crippen molar-refractivity contribution in [1.82, 2.24) is 15.3 Å². The zero-order valence-electron chi connectivity index (χ0n) is 21.6. The molecule has 5 nitrogen and oxygen atoms in total. The third kappa shape index (κ3) is 4.76. The lowest BCUT2D eigenvalue weighted by Gasteiger charge is -2.56. The molecule has 4 saturated carbocycles. The van der Waals surface area contributed by atoms with E-state index in [1.807, 2.05) is 0 Å². The molecule has 5 heteroatoms. The lowest BCUT2D eigenvalue weighted by atomic mass is 9.49. The summed E-state index contributed by atoms with van der Waals surface area (Å²) in [5, 5.41) is 6.66. The van der Waals surface area contributed by atoms with Crippen LogP contribution in [0.3, 0.4) is 0 Å². The fraction of sp³-hybridized carbons (Fsp3) is 0.469. The molecule has 0 amide bonds. The quantitative estimate of drug-likeness (QED) is 0.416. The molecule has 37 heavy (non-hydrogen) atoms. The summed E-state index contributed by atoms with van der Waals surface area (Å²) in [7, 11) is 0. The number of aliphatic imine (C=N–C) groups is 1. The van der Waals surface area contributed by atoms with Gasteiger partial charge in [-0.3, -0.25) is 4.99 Å². The van der Waals surface area contributed by atoms with Crippen molar-refractivity contribution < 1.29 is 0 Å². The minimum Gasteiger partial charge on any atom is -0.354 e. The topological polar surface area (TPSA) is 62.2 Å². The highest BCUT2D eigenvalue weighted by atomic mass is 15.2. The molecule has 4 fully saturated rings. The molecule has 2 heterocycles. The number of hydrogen-bond donors (Lipinski definition) is 2. The maximum Gasteiger partial charge on any atom is 0.195 e. The maximum atomic E-state index is 5.33. The van der Waals surface area contributed by atoms with E-state index >= 15 is 0 Å². The molecule has 1 aromatic heterocycles. The summed E-state index contributed by atoms with van der Waals surface area (Å²) in [6.07, 6.45) is 11.4. The van der Waals surface area contributed by atoms with Gasteiger partial charge in [-0.1, -0.05) is 42.5 Å². The smallest absolute Gasteiger partial charge is 0.195 e. The summed E-state index contributed by atoms with van der Waals surface area (Å²) in [5.41, 5.74) is 6.12. The Balaban J connectivity index is 1.18. The number of guanidine groups is 1. The first-order valence-corrected chi connectivity index (χ1v) is 14.3. The summed E-state index contributed by atoms with van der Waals surface area (Å²) in [6, 6.07) is 21.7. The van der Waals surface area contributed by atoms with Gasteiger partial charge in [-0.15, -0.1) is 0 Å². The van der Waals surface area contributed by atoms with Crippen LogP contribution in [0.25, 0.3) is 11.3 Å². The Bertz CT molecular complexity index is 1250. The molecule has 0 atom stereocenters. The van der Waals surface area contributed by atoms with Gasteiger partial charge in [-0.25, -0.2) is 9.97 Å². The molecule has 3 aromatic rings. The van der Waals surface area contributed by atoms with Gasteiger partial charge in [0, 0.05) is 28.9 Å². The van der Waals surface area contributed by atoms with Crippen LogP contribution >= 0.6 is 0 Å². The van der Waals surface area contributed by atoms with Crippen molar-refractivity contribution in [2.75, 3.05) is 18.4 Å². The number of hydrogen-bond acceptors (Lipinski definition) is 5. The largest absolute Gasteiger partial charge is 0.354 e. The Morgan fingerprint density at radius 1 is 0.838 bits per heavy atom. The van der Waals surface area contributed by atoms with E-state index in [9.17, 15) is 0 Å². The minimum absolute atomic E-state index is 0.201. The Hall–Kier alpha value is -3.21. The molecule has 5 aliphatic rings. The Morgan fingerprint density at radius 3 is 2.24 bits per heavy atom. The van der Waals surface area contributed by atoms with Crippen LogP contribution in [0.15, 0.2) is 65.7 Å². The average Bonchev–Trinajstić information content (AvgIpc) is 3.42. The van der Waals surface area contributed by atoms with Crippen LogP contribution in [0.4, 0.5) is 5.69 Å². The Kier molecular flexibility index (Phi) is 5.95. The van der Waals surface area contributed by atoms with Crippen LogP contribution in [-0.4, -0.2) is 29.0 Å². The standard InChI is InChI=1S/C32H37N5/c1-2-5-22(6-3-1)7-4-8-28-18-29(26-9-11-27(12-10-26)36-31-33-13-14-34-31)37-30(35-28)32-19-23-15-24(20-32)17-25(16-23)21-32/h1-3,5-6,9-12,18,23-25H,4,7-8,13-17,19-21H2,(H2,33,34,36). The van der Waals surface area contributed by atoms with E-state index < -0.39 is 0 Å². The van der Waals surface area contributed by atoms with Crippen molar-refractivity contribution >= 4 is 11.6 Å². The zero-order chi connectivity index (χ0) is 24.7. The van der Waals surface area contributed by atoms with E-state index in [2.05, 4.69) is 76.3 Å². The monoisotopic (exact) mass is 491 g/mol. The molecule has 4 aliphatic carbocycles. The fourth-order valence-corrected chi connectivity index (χ4v) is 7.86. The molecule has 4 bridgehead atoms. The van der Waals surface area contributed by atoms with Crippen molar-refractivity contribution in [3.63, 3.8) is 0 Å². The van der Waals surface area contributed by atoms with Crippen LogP contribution in [0, 0.1) is 17.8 Å². The van der Waals surface area contributed by atoms with E-state index in [4.69, 9.17) is 9.97 Å². The van der Waals surface area contributed by atoms with Gasteiger partial charge in [-0.2, -0.15) is 0 Å². The molecule has 2 N–H and O–H groups in total. The maximum absolute atomic E-state index is 5.33. The van der Waals surface area contributed by atoms with Gasteiger partial charge in [0.05, 0.1) is 12.2 Å². The van der Waals surface area contributed by atoms with E-state index in [0.29, 0.717) is 0 Å². The molecular weight excluding hydrogens is 454 g/mol. The van der Waals surface area contributed by atoms with Crippen LogP contribution in [-0.2, 0) is 18.3 Å². The van der Waals surface area contributed by atoms with Crippen molar-refractivity contribution in [1.29, 1.82) is 0 Å². The number of benzene rings is 2. The van der Waals surface area contributed by atoms with Crippen molar-refractivity contribution in [2.45, 2.75) is 63.2 Å². The normalized spacial score (nSPS) is 27.7. The van der Waals surface area contributed by atoms with E-state index in [-0.39, 0.29) is 5.41 Å². The van der Waals surface area contributed by atoms with Gasteiger partial charge in [0.2, 0.25) is 0 Å². The molecule has 0 unspecified atom stereocenters. The van der Waals surface area contributed by atoms with E-state index in [1.165, 1.54) is 55.3 Å². The molecule has 8 rings (SSSR count). The molecule has 2 aromatic carbocycles. The van der Waals surface area contributed by atoms with Gasteiger partial charge in [0.15, 0.2) is 5.96 Å². The van der Waals surface area contributed by atoms with Crippen LogP contribution < -0.4 is 10.6 Å². The molecule has 0 radical (unpaired) electrons. The van der Waals surface area contributed by atoms with Crippen molar-refractivity contribution in [3.8, 4) is 11.3 Å². The summed E-state index contributed by atoms with van der Waals surface area (Å²) in [4.78, 5) is 15.1. The second-order valence-electron chi connectivity index (χ2n) is 12.0. The van der Waals surface area contributed by atoms with Gasteiger partial charge >= 0.3 is 0 Å². The minimum atomic E-state index is 0.201.